The Bertz CT molecular complexity index is 930. The van der Waals surface area contributed by atoms with E-state index in [0.29, 0.717) is 16.5 Å². The number of aromatic nitrogens is 1. The van der Waals surface area contributed by atoms with Crippen LogP contribution in [0.15, 0.2) is 54.6 Å². The van der Waals surface area contributed by atoms with Crippen LogP contribution in [0.5, 0.6) is 0 Å². The number of halogens is 1. The van der Waals surface area contributed by atoms with Crippen molar-refractivity contribution in [1.29, 1.82) is 0 Å². The Hall–Kier alpha value is -2.18. The van der Waals surface area contributed by atoms with Crippen LogP contribution in [0, 0.1) is 5.82 Å². The van der Waals surface area contributed by atoms with Crippen LogP contribution in [0.25, 0.3) is 10.9 Å². The fraction of sp³-hybridized carbons (Fsp3) is 0.125. The minimum absolute atomic E-state index is 0.232. The smallest absolute Gasteiger partial charge is 0.236 e. The lowest BCUT2D eigenvalue weighted by molar-refractivity contribution is 0.214. The largest absolute Gasteiger partial charge is 0.382 e. The number of hydrogen-bond donors (Lipinski definition) is 1. The van der Waals surface area contributed by atoms with E-state index in [1.54, 1.807) is 30.3 Å². The Morgan fingerprint density at radius 3 is 2.36 bits per heavy atom. The first-order chi connectivity index (χ1) is 10.4. The van der Waals surface area contributed by atoms with Crippen LogP contribution in [0.1, 0.15) is 17.4 Å². The quantitative estimate of drug-likeness (QED) is 0.807. The normalized spacial score (nSPS) is 13.4. The van der Waals surface area contributed by atoms with Gasteiger partial charge < -0.3 is 5.11 Å². The van der Waals surface area contributed by atoms with Crippen molar-refractivity contribution in [1.82, 2.24) is 3.97 Å². The molecule has 4 nitrogen and oxygen atoms in total. The van der Waals surface area contributed by atoms with Crippen molar-refractivity contribution in [3.05, 3.63) is 71.7 Å². The van der Waals surface area contributed by atoms with E-state index in [-0.39, 0.29) is 5.69 Å². The van der Waals surface area contributed by atoms with Crippen molar-refractivity contribution in [3.8, 4) is 0 Å². The standard InChI is InChI=1S/C16H14FNO3S/c1-22(20,21)18-14-5-3-2-4-12(14)10-15(18)16(19)11-6-8-13(17)9-7-11/h2-10,16,19H,1H3/t16-/m0/s1. The average molecular weight is 319 g/mol. The second-order valence-corrected chi connectivity index (χ2v) is 6.94. The van der Waals surface area contributed by atoms with Gasteiger partial charge in [0.1, 0.15) is 11.9 Å². The number of para-hydroxylation sites is 1. The lowest BCUT2D eigenvalue weighted by atomic mass is 10.1. The van der Waals surface area contributed by atoms with Gasteiger partial charge in [-0.1, -0.05) is 30.3 Å². The Morgan fingerprint density at radius 1 is 1.09 bits per heavy atom. The minimum atomic E-state index is -3.60. The van der Waals surface area contributed by atoms with E-state index in [2.05, 4.69) is 0 Å². The van der Waals surface area contributed by atoms with Crippen LogP contribution < -0.4 is 0 Å². The van der Waals surface area contributed by atoms with Gasteiger partial charge in [0, 0.05) is 5.39 Å². The Balaban J connectivity index is 2.24. The Kier molecular flexibility index (Phi) is 3.50. The highest BCUT2D eigenvalue weighted by Gasteiger charge is 2.22. The zero-order valence-electron chi connectivity index (χ0n) is 11.8. The molecule has 0 aliphatic carbocycles. The molecule has 0 spiro atoms. The third-order valence-electron chi connectivity index (χ3n) is 3.49. The fourth-order valence-electron chi connectivity index (χ4n) is 2.53. The molecule has 0 saturated carbocycles. The molecule has 114 valence electrons. The topological polar surface area (TPSA) is 59.3 Å². The number of aliphatic hydroxyl groups excluding tert-OH is 1. The van der Waals surface area contributed by atoms with Gasteiger partial charge in [-0.3, -0.25) is 0 Å². The third kappa shape index (κ3) is 2.51. The van der Waals surface area contributed by atoms with Gasteiger partial charge in [0.05, 0.1) is 17.5 Å². The molecule has 1 heterocycles. The first-order valence-corrected chi connectivity index (χ1v) is 8.47. The number of nitrogens with zero attached hydrogens (tertiary/aromatic N) is 1. The molecule has 0 radical (unpaired) electrons. The van der Waals surface area contributed by atoms with Crippen molar-refractivity contribution in [2.24, 2.45) is 0 Å². The molecule has 0 aliphatic rings. The van der Waals surface area contributed by atoms with E-state index in [9.17, 15) is 17.9 Å². The van der Waals surface area contributed by atoms with E-state index >= 15 is 0 Å². The van der Waals surface area contributed by atoms with Gasteiger partial charge >= 0.3 is 0 Å². The molecule has 1 aromatic heterocycles. The van der Waals surface area contributed by atoms with Crippen LogP contribution in [-0.4, -0.2) is 23.8 Å². The second-order valence-electron chi connectivity index (χ2n) is 5.11. The monoisotopic (exact) mass is 319 g/mol. The Labute approximate surface area is 127 Å². The zero-order valence-corrected chi connectivity index (χ0v) is 12.6. The second kappa shape index (κ2) is 5.23. The number of hydrogen-bond acceptors (Lipinski definition) is 3. The number of benzene rings is 2. The molecule has 1 N–H and O–H groups in total. The summed E-state index contributed by atoms with van der Waals surface area (Å²) in [7, 11) is -3.60. The van der Waals surface area contributed by atoms with E-state index in [4.69, 9.17) is 0 Å². The van der Waals surface area contributed by atoms with Gasteiger partial charge in [0.2, 0.25) is 10.0 Å². The summed E-state index contributed by atoms with van der Waals surface area (Å²) < 4.78 is 38.3. The molecule has 0 fully saturated rings. The maximum atomic E-state index is 13.0. The van der Waals surface area contributed by atoms with Crippen LogP contribution >= 0.6 is 0 Å². The van der Waals surface area contributed by atoms with Crippen molar-refractivity contribution >= 4 is 20.9 Å². The first kappa shape index (κ1) is 14.7. The van der Waals surface area contributed by atoms with Crippen LogP contribution in [-0.2, 0) is 10.0 Å². The summed E-state index contributed by atoms with van der Waals surface area (Å²) >= 11 is 0. The van der Waals surface area contributed by atoms with Crippen LogP contribution in [0.3, 0.4) is 0 Å². The molecule has 2 aromatic carbocycles. The van der Waals surface area contributed by atoms with Crippen molar-refractivity contribution < 1.29 is 17.9 Å². The van der Waals surface area contributed by atoms with Crippen LogP contribution in [0.4, 0.5) is 4.39 Å². The molecule has 0 unspecified atom stereocenters. The van der Waals surface area contributed by atoms with E-state index < -0.39 is 21.9 Å². The molecule has 1 atom stereocenters. The van der Waals surface area contributed by atoms with Crippen molar-refractivity contribution in [3.63, 3.8) is 0 Å². The molecule has 3 aromatic rings. The van der Waals surface area contributed by atoms with Crippen molar-refractivity contribution in [2.75, 3.05) is 6.26 Å². The predicted molar refractivity (Wildman–Crippen MR) is 82.6 cm³/mol. The molecule has 0 amide bonds. The first-order valence-electron chi connectivity index (χ1n) is 6.62. The molecular formula is C16H14FNO3S. The highest BCUT2D eigenvalue weighted by Crippen LogP contribution is 2.29. The summed E-state index contributed by atoms with van der Waals surface area (Å²) in [6.07, 6.45) is -0.0805. The molecule has 6 heteroatoms. The molecule has 22 heavy (non-hydrogen) atoms. The predicted octanol–water partition coefficient (Wildman–Crippen LogP) is 2.67. The van der Waals surface area contributed by atoms with Crippen molar-refractivity contribution in [2.45, 2.75) is 6.10 Å². The van der Waals surface area contributed by atoms with E-state index in [1.165, 1.54) is 24.3 Å². The summed E-state index contributed by atoms with van der Waals surface area (Å²) in [5.74, 6) is -0.417. The van der Waals surface area contributed by atoms with Gasteiger partial charge in [0.25, 0.3) is 0 Å². The van der Waals surface area contributed by atoms with Gasteiger partial charge in [-0.2, -0.15) is 0 Å². The highest BCUT2D eigenvalue weighted by molar-refractivity contribution is 7.89. The maximum absolute atomic E-state index is 13.0. The average Bonchev–Trinajstić information content (AvgIpc) is 2.86. The SMILES string of the molecule is CS(=O)(=O)n1c([C@@H](O)c2ccc(F)cc2)cc2ccccc21. The maximum Gasteiger partial charge on any atom is 0.236 e. The summed E-state index contributed by atoms with van der Waals surface area (Å²) in [5.41, 5.74) is 1.16. The fourth-order valence-corrected chi connectivity index (χ4v) is 3.59. The highest BCUT2D eigenvalue weighted by atomic mass is 32.2. The lowest BCUT2D eigenvalue weighted by Crippen LogP contribution is -2.16. The summed E-state index contributed by atoms with van der Waals surface area (Å²) in [6, 6.07) is 13.9. The van der Waals surface area contributed by atoms with Gasteiger partial charge in [-0.05, 0) is 29.8 Å². The Morgan fingerprint density at radius 2 is 1.73 bits per heavy atom. The van der Waals surface area contributed by atoms with Gasteiger partial charge in [-0.15, -0.1) is 0 Å². The van der Waals surface area contributed by atoms with E-state index in [0.717, 1.165) is 10.2 Å². The molecule has 3 rings (SSSR count). The summed E-state index contributed by atoms with van der Waals surface area (Å²) in [6.45, 7) is 0. The zero-order chi connectivity index (χ0) is 15.9. The molecular weight excluding hydrogens is 305 g/mol. The minimum Gasteiger partial charge on any atom is -0.382 e. The lowest BCUT2D eigenvalue weighted by Gasteiger charge is -2.14. The number of rotatable bonds is 3. The number of fused-ring (bicyclic) bond motifs is 1. The third-order valence-corrected chi connectivity index (χ3v) is 4.56. The summed E-state index contributed by atoms with van der Waals surface area (Å²) in [5, 5.41) is 11.2. The van der Waals surface area contributed by atoms with Gasteiger partial charge in [-0.25, -0.2) is 16.8 Å². The number of aliphatic hydroxyl groups is 1. The summed E-state index contributed by atoms with van der Waals surface area (Å²) in [4.78, 5) is 0. The van der Waals surface area contributed by atoms with Gasteiger partial charge in [0.15, 0.2) is 0 Å². The molecule has 0 saturated heterocycles. The van der Waals surface area contributed by atoms with Crippen LogP contribution in [0.2, 0.25) is 0 Å². The van der Waals surface area contributed by atoms with E-state index in [1.807, 2.05) is 0 Å². The molecule has 0 aliphatic heterocycles. The molecule has 0 bridgehead atoms.